The van der Waals surface area contributed by atoms with Gasteiger partial charge < -0.3 is 10.1 Å². The summed E-state index contributed by atoms with van der Waals surface area (Å²) in [5, 5.41) is 5.32. The lowest BCUT2D eigenvalue weighted by atomic mass is 9.97. The zero-order valence-corrected chi connectivity index (χ0v) is 21.2. The standard InChI is InChI=1S/C22H24ClN3O4S3/c1-2-13-30-17-5-3-15(4-6-17)18-14-31-22(24-18)25-21(27)16-9-11-26(12-10-16)33(28,29)20-8-7-19(23)32-20/h3-8,14,16H,2,9-13H2,1H3,(H,24,25,27). The van der Waals surface area contributed by atoms with Crippen LogP contribution < -0.4 is 10.1 Å². The number of nitrogens with zero attached hydrogens (tertiary/aromatic N) is 2. The van der Waals surface area contributed by atoms with Crippen LogP contribution in [0.3, 0.4) is 0 Å². The summed E-state index contributed by atoms with van der Waals surface area (Å²) in [6, 6.07) is 10.8. The lowest BCUT2D eigenvalue weighted by Gasteiger charge is -2.29. The van der Waals surface area contributed by atoms with E-state index in [1.165, 1.54) is 21.7 Å². The zero-order chi connectivity index (χ0) is 23.4. The van der Waals surface area contributed by atoms with Gasteiger partial charge in [-0.2, -0.15) is 4.31 Å². The van der Waals surface area contributed by atoms with Gasteiger partial charge in [-0.15, -0.1) is 22.7 Å². The monoisotopic (exact) mass is 525 g/mol. The van der Waals surface area contributed by atoms with Crippen LogP contribution in [0, 0.1) is 5.92 Å². The Kier molecular flexibility index (Phi) is 7.70. The summed E-state index contributed by atoms with van der Waals surface area (Å²) in [5.41, 5.74) is 1.73. The first-order chi connectivity index (χ1) is 15.9. The van der Waals surface area contributed by atoms with E-state index in [9.17, 15) is 13.2 Å². The number of anilines is 1. The van der Waals surface area contributed by atoms with Gasteiger partial charge in [-0.1, -0.05) is 18.5 Å². The highest BCUT2D eigenvalue weighted by Gasteiger charge is 2.33. The lowest BCUT2D eigenvalue weighted by Crippen LogP contribution is -2.41. The number of carbonyl (C=O) groups excluding carboxylic acids is 1. The molecule has 1 aliphatic rings. The topological polar surface area (TPSA) is 88.6 Å². The molecule has 33 heavy (non-hydrogen) atoms. The molecule has 0 aliphatic carbocycles. The molecule has 1 saturated heterocycles. The van der Waals surface area contributed by atoms with Crippen molar-refractivity contribution in [1.29, 1.82) is 0 Å². The first-order valence-corrected chi connectivity index (χ1v) is 14.1. The summed E-state index contributed by atoms with van der Waals surface area (Å²) in [6.45, 7) is 3.34. The Morgan fingerprint density at radius 2 is 1.94 bits per heavy atom. The van der Waals surface area contributed by atoms with Crippen LogP contribution in [0.2, 0.25) is 4.34 Å². The van der Waals surface area contributed by atoms with Crippen molar-refractivity contribution < 1.29 is 17.9 Å². The maximum Gasteiger partial charge on any atom is 0.252 e. The summed E-state index contributed by atoms with van der Waals surface area (Å²) in [6.07, 6.45) is 1.87. The molecule has 0 atom stereocenters. The highest BCUT2D eigenvalue weighted by atomic mass is 35.5. The van der Waals surface area contributed by atoms with Crippen LogP contribution >= 0.6 is 34.3 Å². The molecule has 7 nitrogen and oxygen atoms in total. The van der Waals surface area contributed by atoms with Crippen LogP contribution in [0.1, 0.15) is 26.2 Å². The van der Waals surface area contributed by atoms with Crippen LogP contribution in [0.15, 0.2) is 46.0 Å². The maximum absolute atomic E-state index is 12.7. The van der Waals surface area contributed by atoms with Gasteiger partial charge in [-0.05, 0) is 55.7 Å². The number of hydrogen-bond donors (Lipinski definition) is 1. The van der Waals surface area contributed by atoms with Gasteiger partial charge in [0.2, 0.25) is 5.91 Å². The Morgan fingerprint density at radius 3 is 2.58 bits per heavy atom. The highest BCUT2D eigenvalue weighted by molar-refractivity contribution is 7.91. The van der Waals surface area contributed by atoms with Gasteiger partial charge in [-0.25, -0.2) is 13.4 Å². The molecule has 0 spiro atoms. The summed E-state index contributed by atoms with van der Waals surface area (Å²) < 4.78 is 33.2. The fraction of sp³-hybridized carbons (Fsp3) is 0.364. The molecule has 0 saturated carbocycles. The molecule has 3 heterocycles. The van der Waals surface area contributed by atoms with Gasteiger partial charge in [0.15, 0.2) is 5.13 Å². The van der Waals surface area contributed by atoms with Gasteiger partial charge in [0, 0.05) is 30.0 Å². The smallest absolute Gasteiger partial charge is 0.252 e. The number of halogens is 1. The molecule has 1 N–H and O–H groups in total. The van der Waals surface area contributed by atoms with Crippen LogP contribution in [-0.2, 0) is 14.8 Å². The predicted molar refractivity (Wildman–Crippen MR) is 133 cm³/mol. The Labute approximate surface area is 206 Å². The molecule has 4 rings (SSSR count). The van der Waals surface area contributed by atoms with Gasteiger partial charge in [0.05, 0.1) is 16.6 Å². The van der Waals surface area contributed by atoms with Crippen molar-refractivity contribution in [3.63, 3.8) is 0 Å². The second-order valence-corrected chi connectivity index (χ2v) is 12.4. The number of piperidine rings is 1. The van der Waals surface area contributed by atoms with Gasteiger partial charge in [0.1, 0.15) is 9.96 Å². The van der Waals surface area contributed by atoms with Crippen molar-refractivity contribution in [3.05, 3.63) is 46.1 Å². The minimum absolute atomic E-state index is 0.129. The summed E-state index contributed by atoms with van der Waals surface area (Å²) in [5.74, 6) is 0.432. The van der Waals surface area contributed by atoms with Crippen molar-refractivity contribution in [3.8, 4) is 17.0 Å². The number of carbonyl (C=O) groups is 1. The summed E-state index contributed by atoms with van der Waals surface area (Å²) in [4.78, 5) is 17.3. The molecule has 0 bridgehead atoms. The van der Waals surface area contributed by atoms with E-state index in [-0.39, 0.29) is 16.0 Å². The van der Waals surface area contributed by atoms with Crippen molar-refractivity contribution in [2.75, 3.05) is 25.0 Å². The first-order valence-electron chi connectivity index (χ1n) is 10.6. The second-order valence-electron chi connectivity index (χ2n) is 7.64. The van der Waals surface area contributed by atoms with Crippen molar-refractivity contribution >= 4 is 55.3 Å². The van der Waals surface area contributed by atoms with Crippen molar-refractivity contribution in [1.82, 2.24) is 9.29 Å². The number of thiazole rings is 1. The number of ether oxygens (including phenoxy) is 1. The molecule has 11 heteroatoms. The quantitative estimate of drug-likeness (QED) is 0.428. The minimum atomic E-state index is -3.57. The number of thiophene rings is 1. The van der Waals surface area contributed by atoms with Gasteiger partial charge in [-0.3, -0.25) is 4.79 Å². The molecular formula is C22H24ClN3O4S3. The molecule has 2 aromatic heterocycles. The number of amides is 1. The number of nitrogens with one attached hydrogen (secondary N) is 1. The number of benzene rings is 1. The SMILES string of the molecule is CCCOc1ccc(-c2csc(NC(=O)C3CCN(S(=O)(=O)c4ccc(Cl)s4)CC3)n2)cc1. The van der Waals surface area contributed by atoms with Crippen molar-refractivity contribution in [2.45, 2.75) is 30.4 Å². The average Bonchev–Trinajstić information content (AvgIpc) is 3.47. The van der Waals surface area contributed by atoms with E-state index in [4.69, 9.17) is 16.3 Å². The predicted octanol–water partition coefficient (Wildman–Crippen LogP) is 5.35. The van der Waals surface area contributed by atoms with Gasteiger partial charge in [0.25, 0.3) is 10.0 Å². The zero-order valence-electron chi connectivity index (χ0n) is 18.0. The number of aromatic nitrogens is 1. The molecule has 1 fully saturated rings. The van der Waals surface area contributed by atoms with Crippen LogP contribution in [-0.4, -0.2) is 43.3 Å². The highest BCUT2D eigenvalue weighted by Crippen LogP contribution is 2.31. The lowest BCUT2D eigenvalue weighted by molar-refractivity contribution is -0.120. The number of rotatable bonds is 8. The third-order valence-electron chi connectivity index (χ3n) is 5.32. The fourth-order valence-corrected chi connectivity index (χ4v) is 7.36. The van der Waals surface area contributed by atoms with E-state index < -0.39 is 10.0 Å². The molecule has 1 aliphatic heterocycles. The fourth-order valence-electron chi connectivity index (χ4n) is 3.53. The molecular weight excluding hydrogens is 502 g/mol. The third-order valence-corrected chi connectivity index (χ3v) is 9.68. The average molecular weight is 526 g/mol. The maximum atomic E-state index is 12.7. The Morgan fingerprint density at radius 1 is 1.21 bits per heavy atom. The molecule has 1 amide bonds. The molecule has 0 unspecified atom stereocenters. The van der Waals surface area contributed by atoms with E-state index >= 15 is 0 Å². The van der Waals surface area contributed by atoms with Crippen molar-refractivity contribution in [2.24, 2.45) is 5.92 Å². The van der Waals surface area contributed by atoms with E-state index in [2.05, 4.69) is 17.2 Å². The van der Waals surface area contributed by atoms with Crippen LogP contribution in [0.4, 0.5) is 5.13 Å². The third kappa shape index (κ3) is 5.75. The molecule has 0 radical (unpaired) electrons. The summed E-state index contributed by atoms with van der Waals surface area (Å²) >= 11 is 8.30. The summed E-state index contributed by atoms with van der Waals surface area (Å²) in [7, 11) is -3.57. The second kappa shape index (κ2) is 10.5. The Balaban J connectivity index is 1.32. The van der Waals surface area contributed by atoms with Crippen LogP contribution in [0.25, 0.3) is 11.3 Å². The van der Waals surface area contributed by atoms with E-state index in [0.29, 0.717) is 42.0 Å². The van der Waals surface area contributed by atoms with E-state index in [0.717, 1.165) is 34.8 Å². The van der Waals surface area contributed by atoms with Gasteiger partial charge >= 0.3 is 0 Å². The molecule has 176 valence electrons. The Bertz CT molecular complexity index is 1200. The van der Waals surface area contributed by atoms with Crippen LogP contribution in [0.5, 0.6) is 5.75 Å². The minimum Gasteiger partial charge on any atom is -0.494 e. The van der Waals surface area contributed by atoms with E-state index in [1.807, 2.05) is 29.6 Å². The largest absolute Gasteiger partial charge is 0.494 e. The van der Waals surface area contributed by atoms with E-state index in [1.54, 1.807) is 6.07 Å². The molecule has 3 aromatic rings. The number of hydrogen-bond acceptors (Lipinski definition) is 7. The first kappa shape index (κ1) is 24.2. The number of sulfonamides is 1. The normalized spacial score (nSPS) is 15.5. The molecule has 1 aromatic carbocycles. The Hall–Kier alpha value is -1.98.